The molecule has 1 atom stereocenters. The van der Waals surface area contributed by atoms with Crippen LogP contribution in [-0.4, -0.2) is 55.3 Å². The maximum Gasteiger partial charge on any atom is 0.249 e. The molecule has 0 amide bonds. The zero-order valence-electron chi connectivity index (χ0n) is 11.2. The van der Waals surface area contributed by atoms with Crippen LogP contribution in [0.25, 0.3) is 0 Å². The molecule has 0 bridgehead atoms. The van der Waals surface area contributed by atoms with E-state index in [4.69, 9.17) is 5.73 Å². The first-order chi connectivity index (χ1) is 8.84. The van der Waals surface area contributed by atoms with E-state index < -0.39 is 10.0 Å². The van der Waals surface area contributed by atoms with Crippen molar-refractivity contribution in [3.63, 3.8) is 0 Å². The molecule has 2 heterocycles. The minimum absolute atomic E-state index is 0.0968. The second-order valence-corrected chi connectivity index (χ2v) is 9.00. The van der Waals surface area contributed by atoms with Crippen molar-refractivity contribution < 1.29 is 8.42 Å². The van der Waals surface area contributed by atoms with Gasteiger partial charge in [-0.2, -0.15) is 16.1 Å². The summed E-state index contributed by atoms with van der Waals surface area (Å²) in [4.78, 5) is 2.23. The van der Waals surface area contributed by atoms with Gasteiger partial charge in [0.1, 0.15) is 5.00 Å². The van der Waals surface area contributed by atoms with Gasteiger partial charge in [0.2, 0.25) is 10.0 Å². The van der Waals surface area contributed by atoms with E-state index >= 15 is 0 Å². The summed E-state index contributed by atoms with van der Waals surface area (Å²) in [6, 6.07) is 0. The molecule has 1 aromatic heterocycles. The minimum Gasteiger partial charge on any atom is -0.382 e. The van der Waals surface area contributed by atoms with Crippen LogP contribution in [0.5, 0.6) is 0 Å². The van der Waals surface area contributed by atoms with Crippen LogP contribution in [-0.2, 0) is 10.0 Å². The molecule has 2 N–H and O–H groups in total. The molecule has 2 rings (SSSR count). The number of sulfonamides is 1. The predicted molar refractivity (Wildman–Crippen MR) is 81.5 cm³/mol. The van der Waals surface area contributed by atoms with Crippen molar-refractivity contribution >= 4 is 44.1 Å². The Kier molecular flexibility index (Phi) is 4.29. The molecule has 1 aliphatic heterocycles. The van der Waals surface area contributed by atoms with E-state index in [0.29, 0.717) is 10.3 Å². The number of hydrogen-bond donors (Lipinski definition) is 1. The monoisotopic (exact) mass is 322 g/mol. The zero-order valence-corrected chi connectivity index (χ0v) is 13.6. The maximum atomic E-state index is 12.3. The van der Waals surface area contributed by atoms with E-state index in [2.05, 4.69) is 16.2 Å². The number of anilines is 2. The topological polar surface area (TPSA) is 79.5 Å². The van der Waals surface area contributed by atoms with E-state index in [1.165, 1.54) is 18.4 Å². The molecule has 1 aromatic rings. The minimum atomic E-state index is -3.55. The summed E-state index contributed by atoms with van der Waals surface area (Å²) < 4.78 is 29.9. The highest BCUT2D eigenvalue weighted by Gasteiger charge is 2.31. The van der Waals surface area contributed by atoms with E-state index in [0.717, 1.165) is 30.4 Å². The number of thioether (sulfide) groups is 1. The molecule has 0 saturated carbocycles. The van der Waals surface area contributed by atoms with Gasteiger partial charge in [-0.3, -0.25) is 0 Å². The molecule has 1 saturated heterocycles. The Hall–Kier alpha value is -0.510. The van der Waals surface area contributed by atoms with Crippen molar-refractivity contribution in [3.05, 3.63) is 0 Å². The Labute approximate surface area is 122 Å². The third-order valence-electron chi connectivity index (χ3n) is 2.92. The summed E-state index contributed by atoms with van der Waals surface area (Å²) in [7, 11) is -0.544. The Bertz CT molecular complexity index is 555. The molecule has 9 heteroatoms. The molecular weight excluding hydrogens is 304 g/mol. The van der Waals surface area contributed by atoms with Gasteiger partial charge in [0.05, 0.1) is 0 Å². The second kappa shape index (κ2) is 5.47. The third-order valence-corrected chi connectivity index (χ3v) is 6.99. The average molecular weight is 322 g/mol. The number of aromatic nitrogens is 1. The first kappa shape index (κ1) is 14.9. The highest BCUT2D eigenvalue weighted by atomic mass is 32.2. The lowest BCUT2D eigenvalue weighted by Crippen LogP contribution is -2.37. The van der Waals surface area contributed by atoms with Gasteiger partial charge < -0.3 is 10.6 Å². The van der Waals surface area contributed by atoms with Crippen LogP contribution in [0.4, 0.5) is 10.8 Å². The van der Waals surface area contributed by atoms with Crippen molar-refractivity contribution in [1.29, 1.82) is 0 Å². The largest absolute Gasteiger partial charge is 0.382 e. The fourth-order valence-corrected chi connectivity index (χ4v) is 5.18. The summed E-state index contributed by atoms with van der Waals surface area (Å²) in [6.45, 7) is 3.79. The Balaban J connectivity index is 2.43. The zero-order chi connectivity index (χ0) is 14.2. The molecule has 19 heavy (non-hydrogen) atoms. The van der Waals surface area contributed by atoms with Crippen LogP contribution in [0.15, 0.2) is 4.90 Å². The van der Waals surface area contributed by atoms with Gasteiger partial charge in [0.25, 0.3) is 0 Å². The van der Waals surface area contributed by atoms with E-state index in [1.54, 1.807) is 0 Å². The smallest absolute Gasteiger partial charge is 0.249 e. The number of rotatable bonds is 3. The van der Waals surface area contributed by atoms with E-state index in [1.807, 2.05) is 11.8 Å². The van der Waals surface area contributed by atoms with Crippen LogP contribution in [0, 0.1) is 0 Å². The van der Waals surface area contributed by atoms with Gasteiger partial charge in [-0.1, -0.05) is 6.92 Å². The molecule has 0 radical (unpaired) electrons. The molecule has 108 valence electrons. The van der Waals surface area contributed by atoms with Crippen molar-refractivity contribution in [1.82, 2.24) is 8.68 Å². The first-order valence-electron chi connectivity index (χ1n) is 5.88. The fourth-order valence-electron chi connectivity index (χ4n) is 1.91. The van der Waals surface area contributed by atoms with Crippen molar-refractivity contribution in [2.75, 3.05) is 43.6 Å². The van der Waals surface area contributed by atoms with Gasteiger partial charge in [0.15, 0.2) is 10.7 Å². The number of nitrogen functional groups attached to an aromatic ring is 1. The fraction of sp³-hybridized carbons (Fsp3) is 0.700. The standard InChI is InChI=1S/C10H18N4O2S3/c1-7-6-14(4-5-17-7)10-8(9(11)12-18-10)19(15,16)13(2)3/h7H,4-6H2,1-3H3,(H2,11,12). The Morgan fingerprint density at radius 1 is 1.47 bits per heavy atom. The van der Waals surface area contributed by atoms with Crippen LogP contribution >= 0.6 is 23.3 Å². The Morgan fingerprint density at radius 3 is 2.74 bits per heavy atom. The molecule has 0 aromatic carbocycles. The summed E-state index contributed by atoms with van der Waals surface area (Å²) in [5.74, 6) is 1.08. The van der Waals surface area contributed by atoms with Gasteiger partial charge in [-0.05, 0) is 11.5 Å². The Morgan fingerprint density at radius 2 is 2.16 bits per heavy atom. The summed E-state index contributed by atoms with van der Waals surface area (Å²) in [5, 5.41) is 1.14. The summed E-state index contributed by atoms with van der Waals surface area (Å²) in [6.07, 6.45) is 0. The first-order valence-corrected chi connectivity index (χ1v) is 9.14. The lowest BCUT2D eigenvalue weighted by Gasteiger charge is -2.31. The predicted octanol–water partition coefficient (Wildman–Crippen LogP) is 0.917. The van der Waals surface area contributed by atoms with Crippen LogP contribution in [0.1, 0.15) is 6.92 Å². The van der Waals surface area contributed by atoms with Gasteiger partial charge in [-0.15, -0.1) is 0 Å². The van der Waals surface area contributed by atoms with E-state index in [-0.39, 0.29) is 10.7 Å². The lowest BCUT2D eigenvalue weighted by molar-refractivity contribution is 0.521. The van der Waals surface area contributed by atoms with Crippen LogP contribution in [0.2, 0.25) is 0 Å². The summed E-state index contributed by atoms with van der Waals surface area (Å²) >= 11 is 3.06. The molecule has 1 fully saturated rings. The van der Waals surface area contributed by atoms with Crippen LogP contribution in [0.3, 0.4) is 0 Å². The maximum absolute atomic E-state index is 12.3. The molecule has 6 nitrogen and oxygen atoms in total. The van der Waals surface area contributed by atoms with Crippen molar-refractivity contribution in [2.45, 2.75) is 17.1 Å². The number of nitrogens with two attached hydrogens (primary N) is 1. The number of hydrogen-bond acceptors (Lipinski definition) is 7. The van der Waals surface area contributed by atoms with Crippen molar-refractivity contribution in [3.8, 4) is 0 Å². The third kappa shape index (κ3) is 2.83. The number of nitrogens with zero attached hydrogens (tertiary/aromatic N) is 3. The highest BCUT2D eigenvalue weighted by Crippen LogP contribution is 2.37. The van der Waals surface area contributed by atoms with E-state index in [9.17, 15) is 8.42 Å². The molecule has 1 aliphatic rings. The molecule has 0 spiro atoms. The van der Waals surface area contributed by atoms with Crippen LogP contribution < -0.4 is 10.6 Å². The SMILES string of the molecule is CC1CN(c2snc(N)c2S(=O)(=O)N(C)C)CCS1. The molecule has 1 unspecified atom stereocenters. The molecular formula is C10H18N4O2S3. The molecule has 0 aliphatic carbocycles. The van der Waals surface area contributed by atoms with Crippen molar-refractivity contribution in [2.24, 2.45) is 0 Å². The lowest BCUT2D eigenvalue weighted by atomic mass is 10.4. The average Bonchev–Trinajstić information content (AvgIpc) is 2.71. The second-order valence-electron chi connectivity index (χ2n) is 4.62. The van der Waals surface area contributed by atoms with Gasteiger partial charge in [0, 0.05) is 38.2 Å². The van der Waals surface area contributed by atoms with Gasteiger partial charge >= 0.3 is 0 Å². The highest BCUT2D eigenvalue weighted by molar-refractivity contribution is 8.00. The quantitative estimate of drug-likeness (QED) is 0.891. The summed E-state index contributed by atoms with van der Waals surface area (Å²) in [5.41, 5.74) is 5.77. The van der Waals surface area contributed by atoms with Gasteiger partial charge in [-0.25, -0.2) is 12.7 Å². The normalized spacial score (nSPS) is 21.1.